The number of halogens is 1. The highest BCUT2D eigenvalue weighted by Crippen LogP contribution is 2.21. The zero-order valence-electron chi connectivity index (χ0n) is 11.1. The third-order valence-electron chi connectivity index (χ3n) is 3.43. The van der Waals surface area contributed by atoms with Crippen molar-refractivity contribution in [1.29, 1.82) is 0 Å². The molecule has 2 aromatic rings. The van der Waals surface area contributed by atoms with Crippen molar-refractivity contribution in [2.75, 3.05) is 11.9 Å². The third-order valence-corrected chi connectivity index (χ3v) is 3.43. The van der Waals surface area contributed by atoms with Gasteiger partial charge in [-0.1, -0.05) is 12.1 Å². The molecule has 1 aliphatic rings. The van der Waals surface area contributed by atoms with Crippen LogP contribution in [0.1, 0.15) is 30.1 Å². The molecular formula is C15H17FN4. The molecule has 1 fully saturated rings. The first-order valence-corrected chi connectivity index (χ1v) is 6.85. The molecule has 1 unspecified atom stereocenters. The second-order valence-electron chi connectivity index (χ2n) is 4.96. The lowest BCUT2D eigenvalue weighted by molar-refractivity contribution is 0.624. The number of aromatic nitrogens is 2. The van der Waals surface area contributed by atoms with E-state index in [2.05, 4.69) is 20.6 Å². The fourth-order valence-corrected chi connectivity index (χ4v) is 2.41. The van der Waals surface area contributed by atoms with Gasteiger partial charge >= 0.3 is 0 Å². The number of benzene rings is 1. The lowest BCUT2D eigenvalue weighted by Crippen LogP contribution is -2.15. The average molecular weight is 272 g/mol. The van der Waals surface area contributed by atoms with Crippen molar-refractivity contribution in [2.45, 2.75) is 25.4 Å². The third kappa shape index (κ3) is 3.11. The Labute approximate surface area is 117 Å². The van der Waals surface area contributed by atoms with Crippen LogP contribution >= 0.6 is 0 Å². The average Bonchev–Trinajstić information content (AvgIpc) is 3.00. The van der Waals surface area contributed by atoms with Gasteiger partial charge in [-0.3, -0.25) is 4.98 Å². The van der Waals surface area contributed by atoms with Gasteiger partial charge < -0.3 is 10.6 Å². The van der Waals surface area contributed by atoms with Crippen molar-refractivity contribution in [3.63, 3.8) is 0 Å². The van der Waals surface area contributed by atoms with E-state index in [1.54, 1.807) is 18.5 Å². The molecular weight excluding hydrogens is 255 g/mol. The second kappa shape index (κ2) is 5.96. The van der Waals surface area contributed by atoms with Gasteiger partial charge in [0.2, 0.25) is 0 Å². The highest BCUT2D eigenvalue weighted by molar-refractivity contribution is 5.34. The molecule has 0 bridgehead atoms. The zero-order valence-corrected chi connectivity index (χ0v) is 11.1. The first-order valence-electron chi connectivity index (χ1n) is 6.85. The van der Waals surface area contributed by atoms with Crippen LogP contribution in [0.4, 0.5) is 10.2 Å². The maximum atomic E-state index is 13.1. The quantitative estimate of drug-likeness (QED) is 0.898. The van der Waals surface area contributed by atoms with Gasteiger partial charge in [-0.15, -0.1) is 0 Å². The molecule has 0 spiro atoms. The minimum absolute atomic E-state index is 0.223. The van der Waals surface area contributed by atoms with E-state index in [1.165, 1.54) is 18.6 Å². The molecule has 1 atom stereocenters. The Hall–Kier alpha value is -2.01. The van der Waals surface area contributed by atoms with Crippen molar-refractivity contribution >= 4 is 5.82 Å². The fraction of sp³-hybridized carbons (Fsp3) is 0.333. The number of anilines is 1. The zero-order chi connectivity index (χ0) is 13.8. The molecule has 20 heavy (non-hydrogen) atoms. The predicted molar refractivity (Wildman–Crippen MR) is 75.7 cm³/mol. The molecule has 0 aliphatic carbocycles. The van der Waals surface area contributed by atoms with Crippen LogP contribution in [0.25, 0.3) is 0 Å². The fourth-order valence-electron chi connectivity index (χ4n) is 2.41. The highest BCUT2D eigenvalue weighted by atomic mass is 19.1. The van der Waals surface area contributed by atoms with Crippen LogP contribution in [-0.2, 0) is 6.54 Å². The largest absolute Gasteiger partial charge is 0.365 e. The lowest BCUT2D eigenvalue weighted by atomic mass is 10.2. The van der Waals surface area contributed by atoms with Crippen molar-refractivity contribution < 1.29 is 4.39 Å². The van der Waals surface area contributed by atoms with Gasteiger partial charge in [0.25, 0.3) is 0 Å². The number of hydrogen-bond donors (Lipinski definition) is 2. The van der Waals surface area contributed by atoms with Gasteiger partial charge in [0.1, 0.15) is 11.6 Å². The summed E-state index contributed by atoms with van der Waals surface area (Å²) in [5, 5.41) is 6.59. The first kappa shape index (κ1) is 13.0. The van der Waals surface area contributed by atoms with Crippen LogP contribution in [0.5, 0.6) is 0 Å². The van der Waals surface area contributed by atoms with Crippen LogP contribution in [0.15, 0.2) is 36.7 Å². The van der Waals surface area contributed by atoms with E-state index in [-0.39, 0.29) is 5.82 Å². The molecule has 0 saturated carbocycles. The topological polar surface area (TPSA) is 49.8 Å². The first-order chi connectivity index (χ1) is 9.81. The summed E-state index contributed by atoms with van der Waals surface area (Å²) in [5.41, 5.74) is 1.85. The molecule has 104 valence electrons. The predicted octanol–water partition coefficient (Wildman–Crippen LogP) is 2.65. The van der Waals surface area contributed by atoms with Crippen LogP contribution in [-0.4, -0.2) is 16.5 Å². The summed E-state index contributed by atoms with van der Waals surface area (Å²) in [5.74, 6) is 0.500. The number of rotatable bonds is 4. The summed E-state index contributed by atoms with van der Waals surface area (Å²) in [6.45, 7) is 1.57. The van der Waals surface area contributed by atoms with Crippen molar-refractivity contribution in [3.05, 3.63) is 53.7 Å². The maximum Gasteiger partial charge on any atom is 0.145 e. The standard InChI is InChI=1S/C15H17FN4/c16-12-4-1-3-11(7-12)8-19-15-10-17-9-14(20-15)13-5-2-6-18-13/h1,3-4,7,9-10,13,18H,2,5-6,8H2,(H,19,20). The van der Waals surface area contributed by atoms with Gasteiger partial charge in [-0.25, -0.2) is 9.37 Å². The molecule has 3 rings (SSSR count). The molecule has 2 heterocycles. The molecule has 1 aromatic carbocycles. The van der Waals surface area contributed by atoms with E-state index >= 15 is 0 Å². The Kier molecular flexibility index (Phi) is 3.87. The molecule has 1 aliphatic heterocycles. The SMILES string of the molecule is Fc1cccc(CNc2cncc(C3CCCN3)n2)c1. The molecule has 1 saturated heterocycles. The summed E-state index contributed by atoms with van der Waals surface area (Å²) < 4.78 is 13.1. The summed E-state index contributed by atoms with van der Waals surface area (Å²) in [6.07, 6.45) is 5.77. The second-order valence-corrected chi connectivity index (χ2v) is 4.96. The van der Waals surface area contributed by atoms with E-state index in [4.69, 9.17) is 0 Å². The Morgan fingerprint density at radius 2 is 2.30 bits per heavy atom. The Bertz CT molecular complexity index is 582. The highest BCUT2D eigenvalue weighted by Gasteiger charge is 2.17. The smallest absolute Gasteiger partial charge is 0.145 e. The van der Waals surface area contributed by atoms with Crippen LogP contribution in [0, 0.1) is 5.82 Å². The molecule has 4 nitrogen and oxygen atoms in total. The summed E-state index contributed by atoms with van der Waals surface area (Å²) in [4.78, 5) is 8.78. The summed E-state index contributed by atoms with van der Waals surface area (Å²) >= 11 is 0. The van der Waals surface area contributed by atoms with Crippen molar-refractivity contribution in [1.82, 2.24) is 15.3 Å². The Morgan fingerprint density at radius 1 is 1.35 bits per heavy atom. The molecule has 0 amide bonds. The minimum Gasteiger partial charge on any atom is -0.365 e. The van der Waals surface area contributed by atoms with Gasteiger partial charge in [0.15, 0.2) is 0 Å². The van der Waals surface area contributed by atoms with Gasteiger partial charge in [-0.2, -0.15) is 0 Å². The number of nitrogens with one attached hydrogen (secondary N) is 2. The molecule has 1 aromatic heterocycles. The van der Waals surface area contributed by atoms with E-state index in [9.17, 15) is 4.39 Å². The monoisotopic (exact) mass is 272 g/mol. The van der Waals surface area contributed by atoms with E-state index < -0.39 is 0 Å². The summed E-state index contributed by atoms with van der Waals surface area (Å²) in [6, 6.07) is 6.85. The number of hydrogen-bond acceptors (Lipinski definition) is 4. The van der Waals surface area contributed by atoms with E-state index in [0.717, 1.165) is 30.0 Å². The summed E-state index contributed by atoms with van der Waals surface area (Å²) in [7, 11) is 0. The van der Waals surface area contributed by atoms with Crippen LogP contribution < -0.4 is 10.6 Å². The van der Waals surface area contributed by atoms with Crippen LogP contribution in [0.3, 0.4) is 0 Å². The van der Waals surface area contributed by atoms with Crippen molar-refractivity contribution in [2.24, 2.45) is 0 Å². The van der Waals surface area contributed by atoms with Gasteiger partial charge in [0, 0.05) is 6.54 Å². The number of nitrogens with zero attached hydrogens (tertiary/aromatic N) is 2. The molecule has 5 heteroatoms. The van der Waals surface area contributed by atoms with E-state index in [0.29, 0.717) is 12.6 Å². The molecule has 0 radical (unpaired) electrons. The Morgan fingerprint density at radius 3 is 3.10 bits per heavy atom. The maximum absolute atomic E-state index is 13.1. The Balaban J connectivity index is 1.66. The molecule has 2 N–H and O–H groups in total. The minimum atomic E-state index is -0.223. The van der Waals surface area contributed by atoms with Crippen molar-refractivity contribution in [3.8, 4) is 0 Å². The normalized spacial score (nSPS) is 18.1. The van der Waals surface area contributed by atoms with Gasteiger partial charge in [-0.05, 0) is 37.1 Å². The van der Waals surface area contributed by atoms with E-state index in [1.807, 2.05) is 6.07 Å². The van der Waals surface area contributed by atoms with Gasteiger partial charge in [0.05, 0.1) is 24.1 Å². The van der Waals surface area contributed by atoms with Crippen LogP contribution in [0.2, 0.25) is 0 Å². The lowest BCUT2D eigenvalue weighted by Gasteiger charge is -2.11.